The molecule has 2 heterocycles. The summed E-state index contributed by atoms with van der Waals surface area (Å²) in [6.07, 6.45) is 5.78. The number of nitrogens with one attached hydrogen (secondary N) is 1. The number of nitrogens with zero attached hydrogens (tertiary/aromatic N) is 4. The van der Waals surface area contributed by atoms with Gasteiger partial charge >= 0.3 is 0 Å². The van der Waals surface area contributed by atoms with Gasteiger partial charge in [-0.05, 0) is 30.5 Å². The molecule has 3 aromatic rings. The molecule has 1 saturated carbocycles. The summed E-state index contributed by atoms with van der Waals surface area (Å²) in [5.74, 6) is 0.814. The second kappa shape index (κ2) is 4.68. The fourth-order valence-corrected chi connectivity index (χ4v) is 2.36. The molecular weight excluding hydrogens is 250 g/mol. The average Bonchev–Trinajstić information content (AvgIpc) is 3.15. The van der Waals surface area contributed by atoms with Gasteiger partial charge in [0.1, 0.15) is 12.7 Å². The summed E-state index contributed by atoms with van der Waals surface area (Å²) in [7, 11) is 0. The Morgan fingerprint density at radius 2 is 2.15 bits per heavy atom. The van der Waals surface area contributed by atoms with Crippen molar-refractivity contribution in [2.24, 2.45) is 0 Å². The van der Waals surface area contributed by atoms with Gasteiger partial charge in [0, 0.05) is 18.0 Å². The van der Waals surface area contributed by atoms with Crippen molar-refractivity contribution >= 4 is 10.9 Å². The van der Waals surface area contributed by atoms with Crippen molar-refractivity contribution in [3.63, 3.8) is 0 Å². The summed E-state index contributed by atoms with van der Waals surface area (Å²) in [5, 5.41) is 8.93. The van der Waals surface area contributed by atoms with Crippen LogP contribution >= 0.6 is 0 Å². The highest BCUT2D eigenvalue weighted by atomic mass is 15.3. The van der Waals surface area contributed by atoms with E-state index in [4.69, 9.17) is 0 Å². The van der Waals surface area contributed by atoms with Crippen molar-refractivity contribution in [2.45, 2.75) is 25.4 Å². The predicted molar refractivity (Wildman–Crippen MR) is 76.5 cm³/mol. The Morgan fingerprint density at radius 1 is 1.25 bits per heavy atom. The van der Waals surface area contributed by atoms with Crippen LogP contribution in [0.3, 0.4) is 0 Å². The van der Waals surface area contributed by atoms with E-state index in [1.807, 2.05) is 12.1 Å². The maximum atomic E-state index is 4.65. The third-order valence-corrected chi connectivity index (χ3v) is 3.60. The summed E-state index contributed by atoms with van der Waals surface area (Å²) >= 11 is 0. The highest BCUT2D eigenvalue weighted by molar-refractivity contribution is 5.83. The highest BCUT2D eigenvalue weighted by Crippen LogP contribution is 2.23. The van der Waals surface area contributed by atoms with Crippen LogP contribution in [0.5, 0.6) is 0 Å². The number of fused-ring (bicyclic) bond motifs is 1. The minimum absolute atomic E-state index is 0.691. The maximum Gasteiger partial charge on any atom is 0.156 e. The topological polar surface area (TPSA) is 55.6 Å². The van der Waals surface area contributed by atoms with E-state index < -0.39 is 0 Å². The first kappa shape index (κ1) is 11.5. The van der Waals surface area contributed by atoms with Gasteiger partial charge in [0.05, 0.1) is 5.52 Å². The highest BCUT2D eigenvalue weighted by Gasteiger charge is 2.20. The summed E-state index contributed by atoms with van der Waals surface area (Å²) in [5.41, 5.74) is 2.25. The second-order valence-corrected chi connectivity index (χ2v) is 5.15. The molecule has 0 aliphatic heterocycles. The van der Waals surface area contributed by atoms with E-state index in [1.165, 1.54) is 30.1 Å². The lowest BCUT2D eigenvalue weighted by atomic mass is 10.1. The number of rotatable bonds is 4. The lowest BCUT2D eigenvalue weighted by Gasteiger charge is -2.10. The van der Waals surface area contributed by atoms with Crippen LogP contribution in [0.15, 0.2) is 43.0 Å². The average molecular weight is 265 g/mol. The molecule has 1 aromatic carbocycles. The molecule has 1 aliphatic carbocycles. The molecule has 100 valence electrons. The van der Waals surface area contributed by atoms with Crippen molar-refractivity contribution in [3.05, 3.63) is 48.5 Å². The second-order valence-electron chi connectivity index (χ2n) is 5.15. The zero-order chi connectivity index (χ0) is 13.4. The first-order chi connectivity index (χ1) is 9.90. The van der Waals surface area contributed by atoms with E-state index in [9.17, 15) is 0 Å². The molecule has 1 aliphatic rings. The Hall–Kier alpha value is -2.27. The molecule has 0 unspecified atom stereocenters. The minimum atomic E-state index is 0.691. The Balaban J connectivity index is 1.80. The van der Waals surface area contributed by atoms with Crippen molar-refractivity contribution < 1.29 is 0 Å². The van der Waals surface area contributed by atoms with E-state index in [0.717, 1.165) is 17.9 Å². The van der Waals surface area contributed by atoms with Gasteiger partial charge in [-0.3, -0.25) is 0 Å². The van der Waals surface area contributed by atoms with Crippen LogP contribution in [-0.2, 0) is 6.54 Å². The van der Waals surface area contributed by atoms with Gasteiger partial charge in [-0.15, -0.1) is 0 Å². The standard InChI is InChI=1S/C15H15N5/c1-2-4-14-13(3-1)11(8-17-12-5-6-12)7-15(19-14)20-10-16-9-18-20/h1-4,7,9-10,12,17H,5-6,8H2. The molecule has 5 nitrogen and oxygen atoms in total. The lowest BCUT2D eigenvalue weighted by Crippen LogP contribution is -2.16. The number of para-hydroxylation sites is 1. The molecule has 2 aromatic heterocycles. The number of hydrogen-bond acceptors (Lipinski definition) is 4. The Bertz CT molecular complexity index is 731. The van der Waals surface area contributed by atoms with E-state index in [-0.39, 0.29) is 0 Å². The largest absolute Gasteiger partial charge is 0.310 e. The van der Waals surface area contributed by atoms with Crippen LogP contribution in [0.25, 0.3) is 16.7 Å². The number of benzene rings is 1. The fourth-order valence-electron chi connectivity index (χ4n) is 2.36. The first-order valence-corrected chi connectivity index (χ1v) is 6.87. The Labute approximate surface area is 116 Å². The van der Waals surface area contributed by atoms with Crippen LogP contribution in [0.2, 0.25) is 0 Å². The zero-order valence-corrected chi connectivity index (χ0v) is 11.0. The van der Waals surface area contributed by atoms with Gasteiger partial charge in [-0.1, -0.05) is 18.2 Å². The molecule has 0 bridgehead atoms. The van der Waals surface area contributed by atoms with Crippen LogP contribution in [0, 0.1) is 0 Å². The third kappa shape index (κ3) is 2.16. The van der Waals surface area contributed by atoms with Gasteiger partial charge in [0.2, 0.25) is 0 Å². The van der Waals surface area contributed by atoms with Crippen molar-refractivity contribution in [2.75, 3.05) is 0 Å². The first-order valence-electron chi connectivity index (χ1n) is 6.87. The molecule has 0 spiro atoms. The molecule has 1 N–H and O–H groups in total. The van der Waals surface area contributed by atoms with Crippen molar-refractivity contribution in [1.29, 1.82) is 0 Å². The Morgan fingerprint density at radius 3 is 2.95 bits per heavy atom. The number of aromatic nitrogens is 4. The van der Waals surface area contributed by atoms with Crippen molar-refractivity contribution in [3.8, 4) is 5.82 Å². The number of pyridine rings is 1. The van der Waals surface area contributed by atoms with Gasteiger partial charge in [-0.25, -0.2) is 14.6 Å². The molecule has 0 saturated heterocycles. The van der Waals surface area contributed by atoms with Gasteiger partial charge in [0.25, 0.3) is 0 Å². The Kier molecular flexibility index (Phi) is 2.70. The molecule has 1 fully saturated rings. The molecule has 4 rings (SSSR count). The summed E-state index contributed by atoms with van der Waals surface area (Å²) in [6.45, 7) is 0.870. The van der Waals surface area contributed by atoms with Crippen molar-refractivity contribution in [1.82, 2.24) is 25.1 Å². The molecule has 0 radical (unpaired) electrons. The monoisotopic (exact) mass is 265 g/mol. The molecule has 20 heavy (non-hydrogen) atoms. The zero-order valence-electron chi connectivity index (χ0n) is 11.0. The number of hydrogen-bond donors (Lipinski definition) is 1. The SMILES string of the molecule is c1ccc2c(CNC3CC3)cc(-n3cncn3)nc2c1. The van der Waals surface area contributed by atoms with Crippen LogP contribution < -0.4 is 5.32 Å². The van der Waals surface area contributed by atoms with E-state index >= 15 is 0 Å². The fraction of sp³-hybridized carbons (Fsp3) is 0.267. The van der Waals surface area contributed by atoms with Crippen LogP contribution in [0.1, 0.15) is 18.4 Å². The third-order valence-electron chi connectivity index (χ3n) is 3.60. The smallest absolute Gasteiger partial charge is 0.156 e. The van der Waals surface area contributed by atoms with E-state index in [2.05, 4.69) is 38.6 Å². The summed E-state index contributed by atoms with van der Waals surface area (Å²) in [6, 6.07) is 11.0. The lowest BCUT2D eigenvalue weighted by molar-refractivity contribution is 0.689. The predicted octanol–water partition coefficient (Wildman–Crippen LogP) is 2.07. The van der Waals surface area contributed by atoms with E-state index in [1.54, 1.807) is 11.0 Å². The quantitative estimate of drug-likeness (QED) is 0.784. The van der Waals surface area contributed by atoms with Gasteiger partial charge in [-0.2, -0.15) is 5.10 Å². The van der Waals surface area contributed by atoms with Crippen LogP contribution in [-0.4, -0.2) is 25.8 Å². The minimum Gasteiger partial charge on any atom is -0.310 e. The summed E-state index contributed by atoms with van der Waals surface area (Å²) < 4.78 is 1.70. The van der Waals surface area contributed by atoms with Gasteiger partial charge < -0.3 is 5.32 Å². The summed E-state index contributed by atoms with van der Waals surface area (Å²) in [4.78, 5) is 8.64. The van der Waals surface area contributed by atoms with Crippen LogP contribution in [0.4, 0.5) is 0 Å². The molecule has 5 heteroatoms. The molecule has 0 amide bonds. The van der Waals surface area contributed by atoms with Gasteiger partial charge in [0.15, 0.2) is 5.82 Å². The molecular formula is C15H15N5. The van der Waals surface area contributed by atoms with E-state index in [0.29, 0.717) is 6.04 Å². The normalized spacial score (nSPS) is 14.8. The molecule has 0 atom stereocenters. The maximum absolute atomic E-state index is 4.65.